The van der Waals surface area contributed by atoms with Crippen molar-refractivity contribution in [3.8, 4) is 6.07 Å². The van der Waals surface area contributed by atoms with Crippen molar-refractivity contribution in [3.05, 3.63) is 71.8 Å². The third-order valence-electron chi connectivity index (χ3n) is 3.81. The van der Waals surface area contributed by atoms with E-state index in [4.69, 9.17) is 10.00 Å². The molecule has 7 nitrogen and oxygen atoms in total. The van der Waals surface area contributed by atoms with E-state index in [-0.39, 0.29) is 19.4 Å². The molecule has 0 unspecified atom stereocenters. The first kappa shape index (κ1) is 20.6. The molecule has 144 valence electrons. The van der Waals surface area contributed by atoms with E-state index in [0.717, 1.165) is 5.56 Å². The van der Waals surface area contributed by atoms with E-state index in [1.54, 1.807) is 30.3 Å². The minimum Gasteiger partial charge on any atom is -0.454 e. The topological polar surface area (TPSA) is 108 Å². The number of hydrogen-bond acceptors (Lipinski definition) is 5. The Morgan fingerprint density at radius 2 is 1.64 bits per heavy atom. The van der Waals surface area contributed by atoms with Crippen LogP contribution in [0.25, 0.3) is 0 Å². The SMILES string of the molecule is N#CCCNC(=O)COC(=O)[C@@H](Cc1ccccc1)NC(=O)c1ccccc1. The predicted octanol–water partition coefficient (Wildman–Crippen LogP) is 1.60. The van der Waals surface area contributed by atoms with Crippen LogP contribution in [0.2, 0.25) is 0 Å². The van der Waals surface area contributed by atoms with Gasteiger partial charge in [0.15, 0.2) is 6.61 Å². The fraction of sp³-hybridized carbons (Fsp3) is 0.238. The van der Waals surface area contributed by atoms with E-state index in [9.17, 15) is 14.4 Å². The molecule has 0 aliphatic heterocycles. The Bertz CT molecular complexity index is 832. The van der Waals surface area contributed by atoms with Gasteiger partial charge in [-0.2, -0.15) is 5.26 Å². The molecule has 2 amide bonds. The molecule has 2 aromatic rings. The minimum absolute atomic E-state index is 0.170. The number of nitriles is 1. The highest BCUT2D eigenvalue weighted by Crippen LogP contribution is 2.07. The quantitative estimate of drug-likeness (QED) is 0.508. The molecule has 1 atom stereocenters. The smallest absolute Gasteiger partial charge is 0.329 e. The number of rotatable bonds is 9. The average molecular weight is 379 g/mol. The van der Waals surface area contributed by atoms with Crippen LogP contribution < -0.4 is 10.6 Å². The van der Waals surface area contributed by atoms with Gasteiger partial charge in [0, 0.05) is 18.5 Å². The Morgan fingerprint density at radius 3 is 2.29 bits per heavy atom. The fourth-order valence-corrected chi connectivity index (χ4v) is 2.42. The lowest BCUT2D eigenvalue weighted by atomic mass is 10.1. The second kappa shape index (κ2) is 11.1. The summed E-state index contributed by atoms with van der Waals surface area (Å²) >= 11 is 0. The van der Waals surface area contributed by atoms with Gasteiger partial charge in [-0.1, -0.05) is 48.5 Å². The standard InChI is InChI=1S/C21H21N3O4/c22-12-7-13-23-19(25)15-28-21(27)18(14-16-8-3-1-4-9-16)24-20(26)17-10-5-2-6-11-17/h1-6,8-11,18H,7,13-15H2,(H,23,25)(H,24,26)/t18-/m1/s1. The van der Waals surface area contributed by atoms with Crippen LogP contribution in [0, 0.1) is 11.3 Å². The van der Waals surface area contributed by atoms with E-state index < -0.39 is 30.4 Å². The maximum absolute atomic E-state index is 12.5. The van der Waals surface area contributed by atoms with Crippen molar-refractivity contribution in [3.63, 3.8) is 0 Å². The lowest BCUT2D eigenvalue weighted by molar-refractivity contribution is -0.150. The molecule has 2 aromatic carbocycles. The van der Waals surface area contributed by atoms with Gasteiger partial charge < -0.3 is 15.4 Å². The highest BCUT2D eigenvalue weighted by Gasteiger charge is 2.24. The van der Waals surface area contributed by atoms with Crippen molar-refractivity contribution in [2.24, 2.45) is 0 Å². The lowest BCUT2D eigenvalue weighted by Gasteiger charge is -2.18. The molecule has 2 N–H and O–H groups in total. The van der Waals surface area contributed by atoms with E-state index in [0.29, 0.717) is 5.56 Å². The van der Waals surface area contributed by atoms with Crippen LogP contribution in [-0.4, -0.2) is 37.0 Å². The first-order valence-corrected chi connectivity index (χ1v) is 8.80. The Labute approximate surface area is 163 Å². The van der Waals surface area contributed by atoms with Crippen LogP contribution in [-0.2, 0) is 20.7 Å². The van der Waals surface area contributed by atoms with Crippen LogP contribution in [0.4, 0.5) is 0 Å². The van der Waals surface area contributed by atoms with Gasteiger partial charge in [0.05, 0.1) is 12.5 Å². The summed E-state index contributed by atoms with van der Waals surface area (Å²) in [5.41, 5.74) is 1.26. The van der Waals surface area contributed by atoms with Gasteiger partial charge in [-0.3, -0.25) is 9.59 Å². The molecule has 0 saturated heterocycles. The molecule has 0 aromatic heterocycles. The van der Waals surface area contributed by atoms with Gasteiger partial charge in [0.2, 0.25) is 0 Å². The number of carbonyl (C=O) groups excluding carboxylic acids is 3. The van der Waals surface area contributed by atoms with Crippen LogP contribution in [0.1, 0.15) is 22.3 Å². The summed E-state index contributed by atoms with van der Waals surface area (Å²) in [5, 5.41) is 13.6. The summed E-state index contributed by atoms with van der Waals surface area (Å²) < 4.78 is 5.06. The van der Waals surface area contributed by atoms with Crippen molar-refractivity contribution < 1.29 is 19.1 Å². The molecule has 0 radical (unpaired) electrons. The molecule has 0 spiro atoms. The van der Waals surface area contributed by atoms with Crippen molar-refractivity contribution in [2.45, 2.75) is 18.9 Å². The largest absolute Gasteiger partial charge is 0.454 e. The van der Waals surface area contributed by atoms with Crippen LogP contribution >= 0.6 is 0 Å². The van der Waals surface area contributed by atoms with E-state index >= 15 is 0 Å². The lowest BCUT2D eigenvalue weighted by Crippen LogP contribution is -2.44. The number of hydrogen-bond donors (Lipinski definition) is 2. The molecular formula is C21H21N3O4. The maximum Gasteiger partial charge on any atom is 0.329 e. The number of amides is 2. The zero-order chi connectivity index (χ0) is 20.2. The average Bonchev–Trinajstić information content (AvgIpc) is 2.73. The Kier molecular flexibility index (Phi) is 8.21. The van der Waals surface area contributed by atoms with Crippen molar-refractivity contribution >= 4 is 17.8 Å². The van der Waals surface area contributed by atoms with Gasteiger partial charge in [0.1, 0.15) is 6.04 Å². The molecule has 0 aliphatic carbocycles. The number of nitrogens with zero attached hydrogens (tertiary/aromatic N) is 1. The minimum atomic E-state index is -0.943. The zero-order valence-electron chi connectivity index (χ0n) is 15.3. The van der Waals surface area contributed by atoms with Gasteiger partial charge >= 0.3 is 5.97 Å². The van der Waals surface area contributed by atoms with Gasteiger partial charge in [0.25, 0.3) is 11.8 Å². The number of ether oxygens (including phenoxy) is 1. The second-order valence-corrected chi connectivity index (χ2v) is 5.95. The number of benzene rings is 2. The monoisotopic (exact) mass is 379 g/mol. The van der Waals surface area contributed by atoms with E-state index in [1.165, 1.54) is 0 Å². The summed E-state index contributed by atoms with van der Waals surface area (Å²) in [4.78, 5) is 36.6. The van der Waals surface area contributed by atoms with E-state index in [2.05, 4.69) is 10.6 Å². The van der Waals surface area contributed by atoms with Crippen molar-refractivity contribution in [1.82, 2.24) is 10.6 Å². The van der Waals surface area contributed by atoms with Gasteiger partial charge in [-0.25, -0.2) is 4.79 Å². The molecular weight excluding hydrogens is 358 g/mol. The first-order valence-electron chi connectivity index (χ1n) is 8.80. The van der Waals surface area contributed by atoms with Crippen LogP contribution in [0.5, 0.6) is 0 Å². The third kappa shape index (κ3) is 6.92. The molecule has 28 heavy (non-hydrogen) atoms. The molecule has 0 bridgehead atoms. The zero-order valence-corrected chi connectivity index (χ0v) is 15.3. The highest BCUT2D eigenvalue weighted by atomic mass is 16.5. The summed E-state index contributed by atoms with van der Waals surface area (Å²) in [6.45, 7) is -0.290. The van der Waals surface area contributed by atoms with Gasteiger partial charge in [-0.05, 0) is 17.7 Å². The summed E-state index contributed by atoms with van der Waals surface area (Å²) in [5.74, 6) is -1.61. The molecule has 0 fully saturated rings. The van der Waals surface area contributed by atoms with Crippen molar-refractivity contribution in [2.75, 3.05) is 13.2 Å². The van der Waals surface area contributed by atoms with Crippen molar-refractivity contribution in [1.29, 1.82) is 5.26 Å². The Hall–Kier alpha value is -3.66. The molecule has 2 rings (SSSR count). The molecule has 0 aliphatic rings. The molecule has 7 heteroatoms. The first-order chi connectivity index (χ1) is 13.6. The number of nitrogens with one attached hydrogen (secondary N) is 2. The van der Waals surface area contributed by atoms with Crippen LogP contribution in [0.15, 0.2) is 60.7 Å². The fourth-order valence-electron chi connectivity index (χ4n) is 2.42. The second-order valence-electron chi connectivity index (χ2n) is 5.95. The predicted molar refractivity (Wildman–Crippen MR) is 102 cm³/mol. The normalized spacial score (nSPS) is 11.0. The Morgan fingerprint density at radius 1 is 1.00 bits per heavy atom. The van der Waals surface area contributed by atoms with Crippen LogP contribution in [0.3, 0.4) is 0 Å². The number of carbonyl (C=O) groups is 3. The molecule has 0 heterocycles. The summed E-state index contributed by atoms with van der Waals surface area (Å²) in [7, 11) is 0. The number of esters is 1. The molecule has 0 saturated carbocycles. The highest BCUT2D eigenvalue weighted by molar-refractivity contribution is 5.97. The maximum atomic E-state index is 12.5. The summed E-state index contributed by atoms with van der Waals surface area (Å²) in [6, 6.07) is 18.7. The van der Waals surface area contributed by atoms with Gasteiger partial charge in [-0.15, -0.1) is 0 Å². The van der Waals surface area contributed by atoms with E-state index in [1.807, 2.05) is 36.4 Å². The third-order valence-corrected chi connectivity index (χ3v) is 3.81. The summed E-state index contributed by atoms with van der Waals surface area (Å²) in [6.07, 6.45) is 0.401. The Balaban J connectivity index is 2.00.